The van der Waals surface area contributed by atoms with Gasteiger partial charge in [-0.3, -0.25) is 9.69 Å². The lowest BCUT2D eigenvalue weighted by Crippen LogP contribution is -2.57. The second-order valence-corrected chi connectivity index (χ2v) is 6.39. The number of carbonyl (C=O) groups is 1. The Morgan fingerprint density at radius 1 is 1.20 bits per heavy atom. The van der Waals surface area contributed by atoms with E-state index in [-0.39, 0.29) is 5.41 Å². The molecule has 116 valence electrons. The second kappa shape index (κ2) is 6.87. The van der Waals surface area contributed by atoms with Crippen LogP contribution >= 0.6 is 0 Å². The highest BCUT2D eigenvalue weighted by atomic mass is 16.5. The maximum Gasteiger partial charge on any atom is 0.231 e. The van der Waals surface area contributed by atoms with Crippen molar-refractivity contribution in [2.24, 2.45) is 5.41 Å². The summed E-state index contributed by atoms with van der Waals surface area (Å²) in [6.07, 6.45) is 1.79. The lowest BCUT2D eigenvalue weighted by molar-refractivity contribution is -0.149. The summed E-state index contributed by atoms with van der Waals surface area (Å²) in [4.78, 5) is 17.4. The van der Waals surface area contributed by atoms with E-state index in [4.69, 9.17) is 4.74 Å². The zero-order valence-electron chi connectivity index (χ0n) is 13.2. The van der Waals surface area contributed by atoms with E-state index in [1.807, 2.05) is 0 Å². The molecule has 0 radical (unpaired) electrons. The molecule has 2 aliphatic heterocycles. The van der Waals surface area contributed by atoms with Crippen LogP contribution in [0.4, 0.5) is 0 Å². The molecule has 0 aliphatic carbocycles. The van der Waals surface area contributed by atoms with Crippen LogP contribution in [0.25, 0.3) is 0 Å². The minimum atomic E-state index is -0.292. The van der Waals surface area contributed by atoms with Crippen LogP contribution in [0, 0.1) is 5.41 Å². The van der Waals surface area contributed by atoms with Crippen molar-refractivity contribution in [3.05, 3.63) is 0 Å². The van der Waals surface area contributed by atoms with Gasteiger partial charge >= 0.3 is 0 Å². The summed E-state index contributed by atoms with van der Waals surface area (Å²) in [5, 5.41) is 3.34. The molecule has 5 nitrogen and oxygen atoms in total. The van der Waals surface area contributed by atoms with E-state index in [2.05, 4.69) is 29.0 Å². The van der Waals surface area contributed by atoms with Crippen LogP contribution in [0.15, 0.2) is 0 Å². The van der Waals surface area contributed by atoms with Crippen LogP contribution in [0.3, 0.4) is 0 Å². The number of piperazine rings is 1. The van der Waals surface area contributed by atoms with Crippen molar-refractivity contribution in [3.63, 3.8) is 0 Å². The quantitative estimate of drug-likeness (QED) is 0.819. The molecule has 0 bridgehead atoms. The fourth-order valence-corrected chi connectivity index (χ4v) is 3.38. The summed E-state index contributed by atoms with van der Waals surface area (Å²) in [7, 11) is 1.70. The van der Waals surface area contributed by atoms with Gasteiger partial charge in [-0.15, -0.1) is 0 Å². The third-order valence-electron chi connectivity index (χ3n) is 4.77. The number of methoxy groups -OCH3 is 1. The van der Waals surface area contributed by atoms with Crippen LogP contribution in [-0.2, 0) is 9.53 Å². The zero-order valence-corrected chi connectivity index (χ0v) is 13.2. The Hall–Kier alpha value is -0.650. The monoisotopic (exact) mass is 283 g/mol. The third kappa shape index (κ3) is 3.32. The molecule has 0 aromatic heterocycles. The van der Waals surface area contributed by atoms with Gasteiger partial charge < -0.3 is 15.0 Å². The summed E-state index contributed by atoms with van der Waals surface area (Å²) in [6, 6.07) is 0.569. The van der Waals surface area contributed by atoms with Crippen LogP contribution in [0.1, 0.15) is 26.7 Å². The molecule has 0 aromatic carbocycles. The molecule has 2 saturated heterocycles. The smallest absolute Gasteiger partial charge is 0.231 e. The molecule has 0 atom stereocenters. The van der Waals surface area contributed by atoms with Gasteiger partial charge in [-0.1, -0.05) is 0 Å². The van der Waals surface area contributed by atoms with Gasteiger partial charge in [0, 0.05) is 39.3 Å². The molecule has 2 aliphatic rings. The number of nitrogens with zero attached hydrogens (tertiary/aromatic N) is 2. The molecule has 1 amide bonds. The second-order valence-electron chi connectivity index (χ2n) is 6.39. The number of ether oxygens (including phenoxy) is 1. The first-order chi connectivity index (χ1) is 9.59. The molecule has 2 fully saturated rings. The van der Waals surface area contributed by atoms with Crippen LogP contribution in [0.2, 0.25) is 0 Å². The predicted octanol–water partition coefficient (Wildman–Crippen LogP) is 0.555. The molecular weight excluding hydrogens is 254 g/mol. The van der Waals surface area contributed by atoms with Crippen molar-refractivity contribution in [1.82, 2.24) is 15.1 Å². The van der Waals surface area contributed by atoms with Gasteiger partial charge in [0.25, 0.3) is 0 Å². The number of carbonyl (C=O) groups excluding carboxylic acids is 1. The summed E-state index contributed by atoms with van der Waals surface area (Å²) < 4.78 is 5.37. The summed E-state index contributed by atoms with van der Waals surface area (Å²) in [5.41, 5.74) is -0.292. The highest BCUT2D eigenvalue weighted by Crippen LogP contribution is 2.32. The third-order valence-corrected chi connectivity index (χ3v) is 4.77. The maximum absolute atomic E-state index is 12.9. The topological polar surface area (TPSA) is 44.8 Å². The van der Waals surface area contributed by atoms with Gasteiger partial charge in [-0.25, -0.2) is 0 Å². The minimum absolute atomic E-state index is 0.292. The fraction of sp³-hybridized carbons (Fsp3) is 0.933. The number of hydrogen-bond acceptors (Lipinski definition) is 4. The van der Waals surface area contributed by atoms with Gasteiger partial charge in [0.15, 0.2) is 0 Å². The van der Waals surface area contributed by atoms with E-state index in [9.17, 15) is 4.79 Å². The van der Waals surface area contributed by atoms with E-state index in [1.165, 1.54) is 0 Å². The van der Waals surface area contributed by atoms with Gasteiger partial charge in [-0.2, -0.15) is 0 Å². The highest BCUT2D eigenvalue weighted by Gasteiger charge is 2.42. The summed E-state index contributed by atoms with van der Waals surface area (Å²) >= 11 is 0. The van der Waals surface area contributed by atoms with Crippen molar-refractivity contribution < 1.29 is 9.53 Å². The molecule has 0 unspecified atom stereocenters. The van der Waals surface area contributed by atoms with Crippen molar-refractivity contribution >= 4 is 5.91 Å². The molecular formula is C15H29N3O2. The normalized spacial score (nSPS) is 24.1. The Bertz CT molecular complexity index is 314. The number of rotatable bonds is 4. The Morgan fingerprint density at radius 2 is 1.80 bits per heavy atom. The molecule has 1 N–H and O–H groups in total. The average molecular weight is 283 g/mol. The summed E-state index contributed by atoms with van der Waals surface area (Å²) in [6.45, 7) is 10.5. The molecule has 0 spiro atoms. The first kappa shape index (κ1) is 15.7. The molecule has 0 saturated carbocycles. The van der Waals surface area contributed by atoms with Crippen molar-refractivity contribution in [1.29, 1.82) is 0 Å². The number of hydrogen-bond donors (Lipinski definition) is 1. The standard InChI is InChI=1S/C15H29N3O2/c1-13(2)17-8-10-18(11-9-17)14(19)15(12-20-3)4-6-16-7-5-15/h13,16H,4-12H2,1-3H3. The van der Waals surface area contributed by atoms with Crippen LogP contribution < -0.4 is 5.32 Å². The molecule has 2 rings (SSSR count). The Morgan fingerprint density at radius 3 is 2.30 bits per heavy atom. The maximum atomic E-state index is 12.9. The Balaban J connectivity index is 1.98. The first-order valence-corrected chi connectivity index (χ1v) is 7.82. The van der Waals surface area contributed by atoms with Gasteiger partial charge in [0.05, 0.1) is 12.0 Å². The molecule has 5 heteroatoms. The molecule has 20 heavy (non-hydrogen) atoms. The number of nitrogens with one attached hydrogen (secondary N) is 1. The Labute approximate surface area is 122 Å². The van der Waals surface area contributed by atoms with E-state index < -0.39 is 0 Å². The fourth-order valence-electron chi connectivity index (χ4n) is 3.38. The predicted molar refractivity (Wildman–Crippen MR) is 79.7 cm³/mol. The van der Waals surface area contributed by atoms with E-state index in [1.54, 1.807) is 7.11 Å². The molecule has 2 heterocycles. The Kier molecular flexibility index (Phi) is 5.41. The first-order valence-electron chi connectivity index (χ1n) is 7.82. The average Bonchev–Trinajstić information content (AvgIpc) is 2.48. The lowest BCUT2D eigenvalue weighted by Gasteiger charge is -2.43. The largest absolute Gasteiger partial charge is 0.384 e. The molecule has 0 aromatic rings. The van der Waals surface area contributed by atoms with Crippen LogP contribution in [0.5, 0.6) is 0 Å². The van der Waals surface area contributed by atoms with Gasteiger partial charge in [0.1, 0.15) is 0 Å². The minimum Gasteiger partial charge on any atom is -0.384 e. The summed E-state index contributed by atoms with van der Waals surface area (Å²) in [5.74, 6) is 0.309. The van der Waals surface area contributed by atoms with Crippen molar-refractivity contribution in [2.45, 2.75) is 32.7 Å². The number of amides is 1. The van der Waals surface area contributed by atoms with Gasteiger partial charge in [0.2, 0.25) is 5.91 Å². The van der Waals surface area contributed by atoms with Crippen LogP contribution in [-0.4, -0.2) is 74.7 Å². The SMILES string of the molecule is COCC1(C(=O)N2CCN(C(C)C)CC2)CCNCC1. The van der Waals surface area contributed by atoms with Gasteiger partial charge in [-0.05, 0) is 39.8 Å². The zero-order chi connectivity index (χ0) is 14.6. The lowest BCUT2D eigenvalue weighted by atomic mass is 9.78. The van der Waals surface area contributed by atoms with E-state index in [0.29, 0.717) is 18.6 Å². The highest BCUT2D eigenvalue weighted by molar-refractivity contribution is 5.83. The van der Waals surface area contributed by atoms with E-state index >= 15 is 0 Å². The number of piperidine rings is 1. The van der Waals surface area contributed by atoms with Crippen molar-refractivity contribution in [2.75, 3.05) is 53.0 Å². The van der Waals surface area contributed by atoms with E-state index in [0.717, 1.165) is 52.1 Å². The van der Waals surface area contributed by atoms with Crippen molar-refractivity contribution in [3.8, 4) is 0 Å².